The van der Waals surface area contributed by atoms with Crippen LogP contribution in [-0.4, -0.2) is 21.6 Å². The lowest BCUT2D eigenvalue weighted by atomic mass is 9.85. The maximum Gasteiger partial charge on any atom is 0.261 e. The van der Waals surface area contributed by atoms with Gasteiger partial charge in [-0.05, 0) is 48.1 Å². The monoisotopic (exact) mass is 359 g/mol. The topological polar surface area (TPSA) is 57.0 Å². The second kappa shape index (κ2) is 6.55. The number of rotatable bonds is 1. The van der Waals surface area contributed by atoms with E-state index in [-0.39, 0.29) is 11.0 Å². The Labute approximate surface area is 158 Å². The molecule has 136 valence electrons. The van der Waals surface area contributed by atoms with Gasteiger partial charge in [0.25, 0.3) is 5.56 Å². The van der Waals surface area contributed by atoms with Gasteiger partial charge in [0.1, 0.15) is 5.82 Å². The first-order chi connectivity index (χ1) is 13.0. The molecule has 27 heavy (non-hydrogen) atoms. The standard InChI is InChI=1S/C22H21N3O2/c1-22(2)11-10-20-24-18-13-15(6-8-16(18)21(26)25(20)14-22)7-9-17-19(27-3)5-4-12-23-17/h4-6,8,12-13H,10-11,14H2,1-3H3. The number of pyridine rings is 1. The summed E-state index contributed by atoms with van der Waals surface area (Å²) in [4.78, 5) is 21.9. The first kappa shape index (κ1) is 17.3. The smallest absolute Gasteiger partial charge is 0.261 e. The van der Waals surface area contributed by atoms with E-state index < -0.39 is 0 Å². The molecule has 1 aliphatic rings. The second-order valence-electron chi connectivity index (χ2n) is 7.62. The Balaban J connectivity index is 1.76. The van der Waals surface area contributed by atoms with Crippen molar-refractivity contribution >= 4 is 10.9 Å². The third-order valence-electron chi connectivity index (χ3n) is 4.96. The maximum absolute atomic E-state index is 12.9. The number of methoxy groups -OCH3 is 1. The van der Waals surface area contributed by atoms with E-state index in [4.69, 9.17) is 9.72 Å². The lowest BCUT2D eigenvalue weighted by molar-refractivity contribution is 0.240. The Morgan fingerprint density at radius 2 is 2.07 bits per heavy atom. The van der Waals surface area contributed by atoms with E-state index in [2.05, 4.69) is 30.7 Å². The molecular formula is C22H21N3O2. The van der Waals surface area contributed by atoms with Crippen molar-refractivity contribution in [1.82, 2.24) is 14.5 Å². The molecule has 0 N–H and O–H groups in total. The average molecular weight is 359 g/mol. The van der Waals surface area contributed by atoms with Crippen molar-refractivity contribution in [3.8, 4) is 17.6 Å². The van der Waals surface area contributed by atoms with Crippen molar-refractivity contribution in [3.05, 3.63) is 64.0 Å². The Hall–Kier alpha value is -3.13. The molecule has 0 spiro atoms. The molecule has 0 amide bonds. The van der Waals surface area contributed by atoms with Crippen LogP contribution in [0.2, 0.25) is 0 Å². The number of hydrogen-bond acceptors (Lipinski definition) is 4. The van der Waals surface area contributed by atoms with E-state index in [0.29, 0.717) is 28.9 Å². The predicted molar refractivity (Wildman–Crippen MR) is 105 cm³/mol. The number of aromatic nitrogens is 3. The maximum atomic E-state index is 12.9. The van der Waals surface area contributed by atoms with Crippen LogP contribution in [-0.2, 0) is 13.0 Å². The fourth-order valence-corrected chi connectivity index (χ4v) is 3.44. The highest BCUT2D eigenvalue weighted by molar-refractivity contribution is 5.79. The minimum absolute atomic E-state index is 0.0358. The highest BCUT2D eigenvalue weighted by Crippen LogP contribution is 2.29. The van der Waals surface area contributed by atoms with Crippen molar-refractivity contribution in [2.45, 2.75) is 33.2 Å². The molecular weight excluding hydrogens is 338 g/mol. The first-order valence-corrected chi connectivity index (χ1v) is 9.01. The van der Waals surface area contributed by atoms with E-state index in [9.17, 15) is 4.79 Å². The zero-order valence-electron chi connectivity index (χ0n) is 15.7. The fraction of sp³-hybridized carbons (Fsp3) is 0.318. The van der Waals surface area contributed by atoms with E-state index in [1.54, 1.807) is 13.3 Å². The highest BCUT2D eigenvalue weighted by Gasteiger charge is 2.27. The normalized spacial score (nSPS) is 14.9. The third-order valence-corrected chi connectivity index (χ3v) is 4.96. The van der Waals surface area contributed by atoms with Crippen molar-refractivity contribution < 1.29 is 4.74 Å². The average Bonchev–Trinajstić information content (AvgIpc) is 2.67. The Bertz CT molecular complexity index is 1150. The summed E-state index contributed by atoms with van der Waals surface area (Å²) in [7, 11) is 1.60. The molecule has 3 heterocycles. The highest BCUT2D eigenvalue weighted by atomic mass is 16.5. The van der Waals surface area contributed by atoms with Crippen LogP contribution in [0.25, 0.3) is 10.9 Å². The molecule has 0 atom stereocenters. The van der Waals surface area contributed by atoms with E-state index in [1.807, 2.05) is 34.9 Å². The number of ether oxygens (including phenoxy) is 1. The largest absolute Gasteiger partial charge is 0.494 e. The van der Waals surface area contributed by atoms with Crippen LogP contribution >= 0.6 is 0 Å². The molecule has 5 nitrogen and oxygen atoms in total. The van der Waals surface area contributed by atoms with Crippen LogP contribution in [0.15, 0.2) is 41.3 Å². The molecule has 0 saturated heterocycles. The minimum atomic E-state index is 0.0358. The van der Waals surface area contributed by atoms with Crippen molar-refractivity contribution in [1.29, 1.82) is 0 Å². The van der Waals surface area contributed by atoms with Crippen molar-refractivity contribution in [3.63, 3.8) is 0 Å². The van der Waals surface area contributed by atoms with Crippen molar-refractivity contribution in [2.75, 3.05) is 7.11 Å². The SMILES string of the molecule is COc1cccnc1C#Cc1ccc2c(=O)n3c(nc2c1)CCC(C)(C)C3. The summed E-state index contributed by atoms with van der Waals surface area (Å²) in [6.45, 7) is 5.10. The molecule has 0 fully saturated rings. The van der Waals surface area contributed by atoms with Gasteiger partial charge < -0.3 is 4.74 Å². The number of nitrogens with zero attached hydrogens (tertiary/aromatic N) is 3. The van der Waals surface area contributed by atoms with Gasteiger partial charge >= 0.3 is 0 Å². The molecule has 0 saturated carbocycles. The van der Waals surface area contributed by atoms with E-state index >= 15 is 0 Å². The van der Waals surface area contributed by atoms with Crippen LogP contribution in [0.4, 0.5) is 0 Å². The third kappa shape index (κ3) is 3.31. The van der Waals surface area contributed by atoms with E-state index in [0.717, 1.165) is 24.2 Å². The molecule has 3 aromatic rings. The van der Waals surface area contributed by atoms with Gasteiger partial charge in [-0.1, -0.05) is 19.8 Å². The molecule has 1 aromatic carbocycles. The minimum Gasteiger partial charge on any atom is -0.494 e. The molecule has 0 unspecified atom stereocenters. The van der Waals surface area contributed by atoms with Gasteiger partial charge in [0.15, 0.2) is 11.4 Å². The van der Waals surface area contributed by atoms with E-state index in [1.165, 1.54) is 0 Å². The molecule has 0 aliphatic carbocycles. The fourth-order valence-electron chi connectivity index (χ4n) is 3.44. The number of aryl methyl sites for hydroxylation is 1. The van der Waals surface area contributed by atoms with Crippen LogP contribution in [0.3, 0.4) is 0 Å². The Kier molecular flexibility index (Phi) is 4.19. The van der Waals surface area contributed by atoms with Gasteiger partial charge in [0.2, 0.25) is 0 Å². The van der Waals surface area contributed by atoms with Crippen LogP contribution in [0, 0.1) is 17.3 Å². The number of benzene rings is 1. The van der Waals surface area contributed by atoms with Crippen molar-refractivity contribution in [2.24, 2.45) is 5.41 Å². The molecule has 4 rings (SSSR count). The first-order valence-electron chi connectivity index (χ1n) is 9.01. The predicted octanol–water partition coefficient (Wildman–Crippen LogP) is 3.17. The summed E-state index contributed by atoms with van der Waals surface area (Å²) in [5.74, 6) is 7.64. The summed E-state index contributed by atoms with van der Waals surface area (Å²) in [5.41, 5.74) is 2.24. The van der Waals surface area contributed by atoms with Crippen LogP contribution in [0.1, 0.15) is 37.4 Å². The zero-order valence-corrected chi connectivity index (χ0v) is 15.7. The molecule has 5 heteroatoms. The summed E-state index contributed by atoms with van der Waals surface area (Å²) >= 11 is 0. The van der Waals surface area contributed by atoms with Gasteiger partial charge in [-0.2, -0.15) is 0 Å². The summed E-state index contributed by atoms with van der Waals surface area (Å²) in [5, 5.41) is 0.636. The van der Waals surface area contributed by atoms with Gasteiger partial charge in [-0.3, -0.25) is 9.36 Å². The lowest BCUT2D eigenvalue weighted by Gasteiger charge is -2.31. The van der Waals surface area contributed by atoms with Gasteiger partial charge in [-0.25, -0.2) is 9.97 Å². The summed E-state index contributed by atoms with van der Waals surface area (Å²) in [6, 6.07) is 9.18. The number of fused-ring (bicyclic) bond motifs is 2. The van der Waals surface area contributed by atoms with Gasteiger partial charge in [0.05, 0.1) is 18.0 Å². The second-order valence-corrected chi connectivity index (χ2v) is 7.62. The summed E-state index contributed by atoms with van der Waals surface area (Å²) in [6.07, 6.45) is 3.53. The van der Waals surface area contributed by atoms with Gasteiger partial charge in [0, 0.05) is 24.7 Å². The number of hydrogen-bond donors (Lipinski definition) is 0. The zero-order chi connectivity index (χ0) is 19.0. The Morgan fingerprint density at radius 3 is 2.89 bits per heavy atom. The van der Waals surface area contributed by atoms with Gasteiger partial charge in [-0.15, -0.1) is 0 Å². The Morgan fingerprint density at radius 1 is 1.22 bits per heavy atom. The molecule has 0 bridgehead atoms. The summed E-state index contributed by atoms with van der Waals surface area (Å²) < 4.78 is 7.11. The quantitative estimate of drug-likeness (QED) is 0.626. The molecule has 1 aliphatic heterocycles. The lowest BCUT2D eigenvalue weighted by Crippen LogP contribution is -2.36. The molecule has 2 aromatic heterocycles. The van der Waals surface area contributed by atoms with Crippen LogP contribution in [0.5, 0.6) is 5.75 Å². The van der Waals surface area contributed by atoms with Crippen LogP contribution < -0.4 is 10.3 Å². The molecule has 0 radical (unpaired) electrons.